The summed E-state index contributed by atoms with van der Waals surface area (Å²) in [4.78, 5) is 13.4. The molecule has 0 fully saturated rings. The molecule has 0 aliphatic heterocycles. The van der Waals surface area contributed by atoms with Gasteiger partial charge in [0.2, 0.25) is 0 Å². The molecular formula is C17H28N2O3. The van der Waals surface area contributed by atoms with Crippen LogP contribution < -0.4 is 5.32 Å². The van der Waals surface area contributed by atoms with E-state index in [9.17, 15) is 4.79 Å². The van der Waals surface area contributed by atoms with Crippen LogP contribution in [-0.4, -0.2) is 41.3 Å². The third-order valence-corrected chi connectivity index (χ3v) is 3.35. The molecule has 1 rings (SSSR count). The number of carbonyl (C=O) groups is 1. The van der Waals surface area contributed by atoms with E-state index in [2.05, 4.69) is 5.32 Å². The Labute approximate surface area is 133 Å². The molecule has 0 saturated heterocycles. The van der Waals surface area contributed by atoms with Gasteiger partial charge in [-0.3, -0.25) is 0 Å². The van der Waals surface area contributed by atoms with Gasteiger partial charge in [0, 0.05) is 13.6 Å². The predicted molar refractivity (Wildman–Crippen MR) is 87.5 cm³/mol. The van der Waals surface area contributed by atoms with E-state index in [4.69, 9.17) is 9.84 Å². The minimum atomic E-state index is -0.202. The van der Waals surface area contributed by atoms with E-state index >= 15 is 0 Å². The first kappa shape index (κ1) is 18.5. The zero-order valence-corrected chi connectivity index (χ0v) is 14.2. The van der Waals surface area contributed by atoms with Gasteiger partial charge in [0.25, 0.3) is 0 Å². The van der Waals surface area contributed by atoms with Crippen LogP contribution in [0.15, 0.2) is 24.3 Å². The van der Waals surface area contributed by atoms with Crippen LogP contribution in [0.2, 0.25) is 0 Å². The van der Waals surface area contributed by atoms with Gasteiger partial charge in [-0.15, -0.1) is 0 Å². The van der Waals surface area contributed by atoms with Gasteiger partial charge in [0.15, 0.2) is 0 Å². The normalized spacial score (nSPS) is 12.8. The van der Waals surface area contributed by atoms with Crippen molar-refractivity contribution in [3.8, 4) is 0 Å². The van der Waals surface area contributed by atoms with Gasteiger partial charge in [-0.2, -0.15) is 0 Å². The van der Waals surface area contributed by atoms with Crippen molar-refractivity contribution in [2.24, 2.45) is 0 Å². The van der Waals surface area contributed by atoms with E-state index in [-0.39, 0.29) is 24.3 Å². The number of rotatable bonds is 6. The number of likely N-dealkylation sites (N-methyl/N-ethyl adjacent to an activating group) is 1. The maximum atomic E-state index is 11.9. The minimum Gasteiger partial charge on any atom is -0.394 e. The molecule has 1 atom stereocenters. The summed E-state index contributed by atoms with van der Waals surface area (Å²) in [6, 6.07) is 7.57. The molecule has 0 heterocycles. The lowest BCUT2D eigenvalue weighted by Gasteiger charge is -2.23. The first-order valence-electron chi connectivity index (χ1n) is 7.56. The van der Waals surface area contributed by atoms with Crippen molar-refractivity contribution in [3.05, 3.63) is 35.4 Å². The Hall–Kier alpha value is -1.59. The topological polar surface area (TPSA) is 61.8 Å². The molecule has 5 nitrogen and oxygen atoms in total. The molecule has 2 N–H and O–H groups in total. The van der Waals surface area contributed by atoms with Crippen LogP contribution in [0.3, 0.4) is 0 Å². The minimum absolute atomic E-state index is 0.0520. The largest absolute Gasteiger partial charge is 0.394 e. The van der Waals surface area contributed by atoms with Crippen molar-refractivity contribution in [1.82, 2.24) is 10.2 Å². The maximum Gasteiger partial charge on any atom is 0.317 e. The van der Waals surface area contributed by atoms with Crippen LogP contribution in [0, 0.1) is 0 Å². The standard InChI is InChI=1S/C17H28N2O3/c1-13(11-20)19(5)16(21)18-10-14-7-6-8-15(9-14)12-22-17(2,3)4/h6-9,13,20H,10-12H2,1-5H3,(H,18,21). The molecule has 0 aromatic heterocycles. The Morgan fingerprint density at radius 3 is 2.59 bits per heavy atom. The molecular weight excluding hydrogens is 280 g/mol. The number of benzene rings is 1. The summed E-state index contributed by atoms with van der Waals surface area (Å²) in [5.74, 6) is 0. The smallest absolute Gasteiger partial charge is 0.317 e. The van der Waals surface area contributed by atoms with E-state index < -0.39 is 0 Å². The molecule has 0 aliphatic carbocycles. The second kappa shape index (κ2) is 8.15. The SMILES string of the molecule is CC(CO)N(C)C(=O)NCc1cccc(COC(C)(C)C)c1. The van der Waals surface area contributed by atoms with Crippen LogP contribution in [0.4, 0.5) is 4.79 Å². The van der Waals surface area contributed by atoms with Gasteiger partial charge >= 0.3 is 6.03 Å². The van der Waals surface area contributed by atoms with Gasteiger partial charge in [-0.25, -0.2) is 4.79 Å². The summed E-state index contributed by atoms with van der Waals surface area (Å²) in [6.07, 6.45) is 0. The maximum absolute atomic E-state index is 11.9. The number of nitrogens with one attached hydrogen (secondary N) is 1. The summed E-state index contributed by atoms with van der Waals surface area (Å²) in [7, 11) is 1.67. The van der Waals surface area contributed by atoms with E-state index in [0.717, 1.165) is 11.1 Å². The highest BCUT2D eigenvalue weighted by molar-refractivity contribution is 5.74. The van der Waals surface area contributed by atoms with Crippen LogP contribution in [0.5, 0.6) is 0 Å². The Morgan fingerprint density at radius 1 is 1.36 bits per heavy atom. The molecule has 0 radical (unpaired) electrons. The quantitative estimate of drug-likeness (QED) is 0.849. The Kier molecular flexibility index (Phi) is 6.84. The van der Waals surface area contributed by atoms with Gasteiger partial charge in [0.1, 0.15) is 0 Å². The van der Waals surface area contributed by atoms with Crippen molar-refractivity contribution in [2.45, 2.75) is 52.5 Å². The lowest BCUT2D eigenvalue weighted by molar-refractivity contribution is -0.0149. The number of aliphatic hydroxyl groups is 1. The van der Waals surface area contributed by atoms with Crippen molar-refractivity contribution < 1.29 is 14.6 Å². The summed E-state index contributed by atoms with van der Waals surface area (Å²) >= 11 is 0. The van der Waals surface area contributed by atoms with Crippen molar-refractivity contribution in [3.63, 3.8) is 0 Å². The summed E-state index contributed by atoms with van der Waals surface area (Å²) in [6.45, 7) is 8.81. The molecule has 2 amide bonds. The molecule has 124 valence electrons. The van der Waals surface area contributed by atoms with Crippen LogP contribution >= 0.6 is 0 Å². The van der Waals surface area contributed by atoms with E-state index in [1.165, 1.54) is 4.90 Å². The molecule has 0 saturated carbocycles. The second-order valence-corrected chi connectivity index (χ2v) is 6.52. The number of urea groups is 1. The van der Waals surface area contributed by atoms with E-state index in [1.54, 1.807) is 14.0 Å². The zero-order valence-electron chi connectivity index (χ0n) is 14.2. The number of nitrogens with zero attached hydrogens (tertiary/aromatic N) is 1. The lowest BCUT2D eigenvalue weighted by atomic mass is 10.1. The van der Waals surface area contributed by atoms with Crippen molar-refractivity contribution in [1.29, 1.82) is 0 Å². The van der Waals surface area contributed by atoms with Crippen molar-refractivity contribution >= 4 is 6.03 Å². The third-order valence-electron chi connectivity index (χ3n) is 3.35. The number of carbonyl (C=O) groups excluding carboxylic acids is 1. The summed E-state index contributed by atoms with van der Waals surface area (Å²) < 4.78 is 5.76. The molecule has 22 heavy (non-hydrogen) atoms. The van der Waals surface area contributed by atoms with E-state index in [0.29, 0.717) is 13.2 Å². The first-order chi connectivity index (χ1) is 10.2. The highest BCUT2D eigenvalue weighted by atomic mass is 16.5. The molecule has 0 spiro atoms. The Bertz CT molecular complexity index is 483. The zero-order chi connectivity index (χ0) is 16.8. The Balaban J connectivity index is 2.54. The molecule has 0 bridgehead atoms. The molecule has 5 heteroatoms. The predicted octanol–water partition coefficient (Wildman–Crippen LogP) is 2.52. The number of ether oxygens (including phenoxy) is 1. The molecule has 1 aromatic rings. The van der Waals surface area contributed by atoms with Crippen LogP contribution in [0.1, 0.15) is 38.8 Å². The lowest BCUT2D eigenvalue weighted by Crippen LogP contribution is -2.43. The van der Waals surface area contributed by atoms with Gasteiger partial charge < -0.3 is 20.1 Å². The monoisotopic (exact) mass is 308 g/mol. The fourth-order valence-electron chi connectivity index (χ4n) is 1.75. The average Bonchev–Trinajstić information content (AvgIpc) is 2.48. The molecule has 1 aromatic carbocycles. The highest BCUT2D eigenvalue weighted by Gasteiger charge is 2.14. The van der Waals surface area contributed by atoms with Gasteiger partial charge in [-0.05, 0) is 38.8 Å². The van der Waals surface area contributed by atoms with Crippen molar-refractivity contribution in [2.75, 3.05) is 13.7 Å². The molecule has 0 aliphatic rings. The van der Waals surface area contributed by atoms with E-state index in [1.807, 2.05) is 45.0 Å². The van der Waals surface area contributed by atoms with Gasteiger partial charge in [0.05, 0.1) is 24.9 Å². The number of hydrogen-bond acceptors (Lipinski definition) is 3. The van der Waals surface area contributed by atoms with Gasteiger partial charge in [-0.1, -0.05) is 24.3 Å². The van der Waals surface area contributed by atoms with Crippen LogP contribution in [0.25, 0.3) is 0 Å². The summed E-state index contributed by atoms with van der Waals surface area (Å²) in [5, 5.41) is 11.9. The fourth-order valence-corrected chi connectivity index (χ4v) is 1.75. The Morgan fingerprint density at radius 2 is 2.00 bits per heavy atom. The fraction of sp³-hybridized carbons (Fsp3) is 0.588. The third kappa shape index (κ3) is 6.45. The first-order valence-corrected chi connectivity index (χ1v) is 7.56. The number of aliphatic hydroxyl groups excluding tert-OH is 1. The number of amides is 2. The molecule has 1 unspecified atom stereocenters. The summed E-state index contributed by atoms with van der Waals surface area (Å²) in [5.41, 5.74) is 1.93. The number of hydrogen-bond donors (Lipinski definition) is 2. The highest BCUT2D eigenvalue weighted by Crippen LogP contribution is 2.13. The second-order valence-electron chi connectivity index (χ2n) is 6.52. The van der Waals surface area contributed by atoms with Crippen LogP contribution in [-0.2, 0) is 17.9 Å². The average molecular weight is 308 g/mol.